The number of rotatable bonds is 6. The summed E-state index contributed by atoms with van der Waals surface area (Å²) in [5.74, 6) is -0.175. The molecule has 3 rings (SSSR count). The van der Waals surface area contributed by atoms with Gasteiger partial charge in [-0.25, -0.2) is 0 Å². The first-order chi connectivity index (χ1) is 12.8. The van der Waals surface area contributed by atoms with Gasteiger partial charge in [0.1, 0.15) is 0 Å². The van der Waals surface area contributed by atoms with E-state index in [2.05, 4.69) is 20.5 Å². The van der Waals surface area contributed by atoms with Crippen LogP contribution >= 0.6 is 23.4 Å². The van der Waals surface area contributed by atoms with Crippen molar-refractivity contribution < 1.29 is 9.59 Å². The van der Waals surface area contributed by atoms with Crippen LogP contribution in [0.1, 0.15) is 46.0 Å². The molecule has 140 valence electrons. The van der Waals surface area contributed by atoms with Gasteiger partial charge in [-0.3, -0.25) is 9.59 Å². The maximum absolute atomic E-state index is 12.9. The topological polar surface area (TPSA) is 93.5 Å². The highest BCUT2D eigenvalue weighted by atomic mass is 35.5. The molecule has 0 bridgehead atoms. The van der Waals surface area contributed by atoms with Crippen LogP contribution in [0.3, 0.4) is 0 Å². The van der Waals surface area contributed by atoms with Gasteiger partial charge in [0.15, 0.2) is 11.6 Å². The first kappa shape index (κ1) is 19.3. The third-order valence-corrected chi connectivity index (χ3v) is 5.48. The van der Waals surface area contributed by atoms with Gasteiger partial charge in [0.25, 0.3) is 0 Å². The highest BCUT2D eigenvalue weighted by molar-refractivity contribution is 8.00. The zero-order valence-electron chi connectivity index (χ0n) is 15.3. The number of hydrogen-bond acceptors (Lipinski definition) is 6. The van der Waals surface area contributed by atoms with Crippen molar-refractivity contribution in [3.63, 3.8) is 0 Å². The second-order valence-corrected chi connectivity index (χ2v) is 7.90. The lowest BCUT2D eigenvalue weighted by molar-refractivity contribution is 0.0988. The number of thioether (sulfide) groups is 1. The summed E-state index contributed by atoms with van der Waals surface area (Å²) < 4.78 is 1.55. The van der Waals surface area contributed by atoms with Gasteiger partial charge in [-0.15, -0.1) is 5.10 Å². The predicted molar refractivity (Wildman–Crippen MR) is 104 cm³/mol. The van der Waals surface area contributed by atoms with E-state index >= 15 is 0 Å². The molecule has 0 aliphatic rings. The summed E-state index contributed by atoms with van der Waals surface area (Å²) in [5.41, 5.74) is 3.14. The van der Waals surface area contributed by atoms with Crippen molar-refractivity contribution in [1.29, 1.82) is 0 Å². The fraction of sp³-hybridized carbons (Fsp3) is 0.278. The summed E-state index contributed by atoms with van der Waals surface area (Å²) in [4.78, 5) is 27.8. The minimum absolute atomic E-state index is 0.0627. The Morgan fingerprint density at radius 3 is 2.48 bits per heavy atom. The van der Waals surface area contributed by atoms with Crippen molar-refractivity contribution in [3.8, 4) is 5.69 Å². The predicted octanol–water partition coefficient (Wildman–Crippen LogP) is 3.83. The number of ketones is 2. The van der Waals surface area contributed by atoms with Gasteiger partial charge in [-0.2, -0.15) is 4.68 Å². The molecule has 27 heavy (non-hydrogen) atoms. The number of nitrogens with zero attached hydrogens (tertiary/aromatic N) is 4. The van der Waals surface area contributed by atoms with E-state index in [1.807, 2.05) is 0 Å². The highest BCUT2D eigenvalue weighted by Crippen LogP contribution is 2.28. The third kappa shape index (κ3) is 3.81. The van der Waals surface area contributed by atoms with E-state index in [0.29, 0.717) is 32.7 Å². The van der Waals surface area contributed by atoms with Crippen molar-refractivity contribution in [2.75, 3.05) is 0 Å². The largest absolute Gasteiger partial charge is 0.355 e. The Hall–Kier alpha value is -2.45. The summed E-state index contributed by atoms with van der Waals surface area (Å²) in [7, 11) is 0. The highest BCUT2D eigenvalue weighted by Gasteiger charge is 2.26. The number of carbonyl (C=O) groups excluding carboxylic acids is 2. The molecule has 2 aromatic heterocycles. The number of carbonyl (C=O) groups is 2. The molecule has 0 fully saturated rings. The minimum Gasteiger partial charge on any atom is -0.355 e. The van der Waals surface area contributed by atoms with Crippen molar-refractivity contribution in [2.45, 2.75) is 38.1 Å². The van der Waals surface area contributed by atoms with Crippen LogP contribution in [-0.2, 0) is 0 Å². The number of benzene rings is 1. The lowest BCUT2D eigenvalue weighted by atomic mass is 10.0. The molecule has 9 heteroatoms. The molecule has 7 nitrogen and oxygen atoms in total. The number of H-pyrrole nitrogens is 1. The standard InChI is InChI=1S/C18H18ClN5O2S/c1-9-15(11(3)25)10(2)20-16(9)17(26)12(4)27-18-21-22-23-24(18)14-7-5-13(19)6-8-14/h5-8,12,20H,1-4H3/t12-/m0/s1. The molecule has 1 atom stereocenters. The van der Waals surface area contributed by atoms with E-state index in [1.54, 1.807) is 49.7 Å². The SMILES string of the molecule is CC(=O)c1c(C)[nH]c(C(=O)[C@H](C)Sc2nnnn2-c2ccc(Cl)cc2)c1C. The lowest BCUT2D eigenvalue weighted by Gasteiger charge is -2.10. The molecule has 0 saturated carbocycles. The van der Waals surface area contributed by atoms with Crippen LogP contribution in [0.4, 0.5) is 0 Å². The quantitative estimate of drug-likeness (QED) is 0.496. The van der Waals surface area contributed by atoms with E-state index < -0.39 is 5.25 Å². The van der Waals surface area contributed by atoms with Crippen LogP contribution in [-0.4, -0.2) is 42.0 Å². The van der Waals surface area contributed by atoms with Gasteiger partial charge in [-0.1, -0.05) is 23.4 Å². The summed E-state index contributed by atoms with van der Waals surface area (Å²) in [6.07, 6.45) is 0. The Labute approximate surface area is 165 Å². The molecule has 0 spiro atoms. The van der Waals surface area contributed by atoms with Crippen LogP contribution in [0.2, 0.25) is 5.02 Å². The van der Waals surface area contributed by atoms with E-state index in [9.17, 15) is 9.59 Å². The molecule has 3 aromatic rings. The molecule has 1 aromatic carbocycles. The smallest absolute Gasteiger partial charge is 0.214 e. The fourth-order valence-corrected chi connectivity index (χ4v) is 3.93. The van der Waals surface area contributed by atoms with E-state index in [-0.39, 0.29) is 11.6 Å². The van der Waals surface area contributed by atoms with E-state index in [0.717, 1.165) is 5.69 Å². The van der Waals surface area contributed by atoms with Crippen molar-refractivity contribution in [2.24, 2.45) is 0 Å². The number of tetrazole rings is 1. The molecule has 0 unspecified atom stereocenters. The third-order valence-electron chi connectivity index (χ3n) is 4.20. The molecule has 0 saturated heterocycles. The second-order valence-electron chi connectivity index (χ2n) is 6.16. The first-order valence-electron chi connectivity index (χ1n) is 8.25. The molecule has 1 N–H and O–H groups in total. The fourth-order valence-electron chi connectivity index (χ4n) is 2.94. The Bertz CT molecular complexity index is 1010. The maximum atomic E-state index is 12.9. The minimum atomic E-state index is -0.446. The zero-order chi connectivity index (χ0) is 19.7. The summed E-state index contributed by atoms with van der Waals surface area (Å²) in [6, 6.07) is 7.09. The van der Waals surface area contributed by atoms with Crippen LogP contribution in [0.25, 0.3) is 5.69 Å². The molecule has 0 radical (unpaired) electrons. The normalized spacial score (nSPS) is 12.2. The Morgan fingerprint density at radius 2 is 1.89 bits per heavy atom. The zero-order valence-corrected chi connectivity index (χ0v) is 16.9. The summed E-state index contributed by atoms with van der Waals surface area (Å²) in [5, 5.41) is 12.4. The van der Waals surface area contributed by atoms with Gasteiger partial charge >= 0.3 is 0 Å². The first-order valence-corrected chi connectivity index (χ1v) is 9.50. The number of halogens is 1. The molecular weight excluding hydrogens is 386 g/mol. The Morgan fingerprint density at radius 1 is 1.22 bits per heavy atom. The Balaban J connectivity index is 1.85. The average molecular weight is 404 g/mol. The van der Waals surface area contributed by atoms with Crippen LogP contribution in [0, 0.1) is 13.8 Å². The van der Waals surface area contributed by atoms with E-state index in [4.69, 9.17) is 11.6 Å². The van der Waals surface area contributed by atoms with Gasteiger partial charge in [0.05, 0.1) is 16.6 Å². The number of aromatic nitrogens is 5. The van der Waals surface area contributed by atoms with E-state index in [1.165, 1.54) is 18.7 Å². The molecular formula is C18H18ClN5O2S. The number of hydrogen-bond donors (Lipinski definition) is 1. The summed E-state index contributed by atoms with van der Waals surface area (Å²) >= 11 is 7.17. The summed E-state index contributed by atoms with van der Waals surface area (Å²) in [6.45, 7) is 6.86. The second kappa shape index (κ2) is 7.66. The number of nitrogens with one attached hydrogen (secondary N) is 1. The van der Waals surface area contributed by atoms with Crippen molar-refractivity contribution in [1.82, 2.24) is 25.2 Å². The lowest BCUT2D eigenvalue weighted by Crippen LogP contribution is -2.16. The van der Waals surface area contributed by atoms with Gasteiger partial charge in [-0.05, 0) is 68.0 Å². The maximum Gasteiger partial charge on any atom is 0.214 e. The van der Waals surface area contributed by atoms with Crippen molar-refractivity contribution >= 4 is 34.9 Å². The van der Waals surface area contributed by atoms with Crippen LogP contribution < -0.4 is 0 Å². The van der Waals surface area contributed by atoms with Gasteiger partial charge < -0.3 is 4.98 Å². The number of aryl methyl sites for hydroxylation is 1. The van der Waals surface area contributed by atoms with Crippen molar-refractivity contribution in [3.05, 3.63) is 51.8 Å². The number of Topliss-reactive ketones (excluding diaryl/α,β-unsaturated/α-hetero) is 2. The molecule has 0 amide bonds. The number of aromatic amines is 1. The van der Waals surface area contributed by atoms with Crippen LogP contribution in [0.15, 0.2) is 29.4 Å². The molecule has 0 aliphatic heterocycles. The molecule has 2 heterocycles. The van der Waals surface area contributed by atoms with Gasteiger partial charge in [0, 0.05) is 16.3 Å². The average Bonchev–Trinajstić information content (AvgIpc) is 3.18. The molecule has 0 aliphatic carbocycles. The Kier molecular flexibility index (Phi) is 5.48. The monoisotopic (exact) mass is 403 g/mol. The van der Waals surface area contributed by atoms with Crippen LogP contribution in [0.5, 0.6) is 0 Å². The van der Waals surface area contributed by atoms with Gasteiger partial charge in [0.2, 0.25) is 5.16 Å².